The van der Waals surface area contributed by atoms with Crippen LogP contribution in [-0.4, -0.2) is 6.61 Å². The Kier molecular flexibility index (Phi) is 5.33. The molecular weight excluding hydrogens is 339 g/mol. The minimum absolute atomic E-state index is 0.588. The minimum Gasteiger partial charge on any atom is -0.494 e. The molecule has 0 fully saturated rings. The van der Waals surface area contributed by atoms with Crippen LogP contribution >= 0.6 is 23.2 Å². The highest BCUT2D eigenvalue weighted by atomic mass is 35.5. The van der Waals surface area contributed by atoms with Crippen LogP contribution in [0, 0.1) is 0 Å². The third kappa shape index (κ3) is 3.53. The van der Waals surface area contributed by atoms with Crippen molar-refractivity contribution in [2.75, 3.05) is 6.61 Å². The molecule has 24 heavy (non-hydrogen) atoms. The van der Waals surface area contributed by atoms with E-state index in [0.717, 1.165) is 24.2 Å². The molecule has 0 aromatic heterocycles. The summed E-state index contributed by atoms with van der Waals surface area (Å²) in [6, 6.07) is 14.2. The second-order valence-electron chi connectivity index (χ2n) is 5.85. The zero-order chi connectivity index (χ0) is 17.1. The molecule has 0 amide bonds. The van der Waals surface area contributed by atoms with Crippen LogP contribution < -0.4 is 4.74 Å². The number of rotatable bonds is 4. The van der Waals surface area contributed by atoms with Gasteiger partial charge in [-0.3, -0.25) is 0 Å². The van der Waals surface area contributed by atoms with Gasteiger partial charge in [0.05, 0.1) is 16.7 Å². The van der Waals surface area contributed by atoms with E-state index in [1.807, 2.05) is 37.3 Å². The van der Waals surface area contributed by atoms with Gasteiger partial charge in [0.25, 0.3) is 0 Å². The van der Waals surface area contributed by atoms with Crippen molar-refractivity contribution < 1.29 is 4.74 Å². The van der Waals surface area contributed by atoms with E-state index in [9.17, 15) is 0 Å². The topological polar surface area (TPSA) is 9.23 Å². The second kappa shape index (κ2) is 7.46. The van der Waals surface area contributed by atoms with Crippen molar-refractivity contribution in [1.29, 1.82) is 0 Å². The van der Waals surface area contributed by atoms with Gasteiger partial charge in [-0.2, -0.15) is 0 Å². The summed E-state index contributed by atoms with van der Waals surface area (Å²) in [6.07, 6.45) is 4.35. The van der Waals surface area contributed by atoms with Crippen molar-refractivity contribution in [1.82, 2.24) is 0 Å². The summed E-state index contributed by atoms with van der Waals surface area (Å²) in [6.45, 7) is 4.86. The van der Waals surface area contributed by atoms with E-state index < -0.39 is 0 Å². The fourth-order valence-corrected chi connectivity index (χ4v) is 3.44. The first-order valence-corrected chi connectivity index (χ1v) is 8.94. The van der Waals surface area contributed by atoms with Gasteiger partial charge in [-0.05, 0) is 78.8 Å². The first kappa shape index (κ1) is 17.1. The third-order valence-electron chi connectivity index (χ3n) is 4.34. The number of benzene rings is 2. The van der Waals surface area contributed by atoms with Gasteiger partial charge < -0.3 is 4.74 Å². The van der Waals surface area contributed by atoms with E-state index in [2.05, 4.69) is 25.1 Å². The Morgan fingerprint density at radius 2 is 1.67 bits per heavy atom. The van der Waals surface area contributed by atoms with Crippen LogP contribution in [0.2, 0.25) is 10.0 Å². The summed E-state index contributed by atoms with van der Waals surface area (Å²) in [5.74, 6) is 0.913. The molecule has 1 aliphatic carbocycles. The van der Waals surface area contributed by atoms with Crippen molar-refractivity contribution in [3.05, 3.63) is 75.3 Å². The summed E-state index contributed by atoms with van der Waals surface area (Å²) in [5.41, 5.74) is 6.28. The standard InChI is InChI=1S/C21H20Cl2O/c1-3-24-17-10-7-15(8-11-17)18-5-4-6-19(14(18)2)16-9-12-20(22)21(23)13-16/h6-13H,3-5H2,1-2H3. The highest BCUT2D eigenvalue weighted by molar-refractivity contribution is 6.42. The fourth-order valence-electron chi connectivity index (χ4n) is 3.14. The van der Waals surface area contributed by atoms with E-state index in [0.29, 0.717) is 16.7 Å². The Bertz CT molecular complexity index is 801. The largest absolute Gasteiger partial charge is 0.494 e. The maximum Gasteiger partial charge on any atom is 0.119 e. The predicted molar refractivity (Wildman–Crippen MR) is 104 cm³/mol. The molecule has 124 valence electrons. The lowest BCUT2D eigenvalue weighted by atomic mass is 9.85. The maximum absolute atomic E-state index is 6.19. The Hall–Kier alpha value is -1.70. The summed E-state index contributed by atoms with van der Waals surface area (Å²) >= 11 is 12.2. The average molecular weight is 359 g/mol. The lowest BCUT2D eigenvalue weighted by molar-refractivity contribution is 0.340. The molecule has 2 aromatic carbocycles. The van der Waals surface area contributed by atoms with E-state index in [4.69, 9.17) is 27.9 Å². The van der Waals surface area contributed by atoms with Crippen LogP contribution in [0.15, 0.2) is 54.1 Å². The molecule has 0 N–H and O–H groups in total. The van der Waals surface area contributed by atoms with Gasteiger partial charge in [0.1, 0.15) is 5.75 Å². The van der Waals surface area contributed by atoms with Gasteiger partial charge in [0.2, 0.25) is 0 Å². The van der Waals surface area contributed by atoms with Crippen LogP contribution in [-0.2, 0) is 0 Å². The maximum atomic E-state index is 6.19. The van der Waals surface area contributed by atoms with Gasteiger partial charge in [-0.25, -0.2) is 0 Å². The zero-order valence-corrected chi connectivity index (χ0v) is 15.4. The highest BCUT2D eigenvalue weighted by Crippen LogP contribution is 2.38. The molecule has 0 atom stereocenters. The number of ether oxygens (including phenoxy) is 1. The number of halogens is 2. The predicted octanol–water partition coefficient (Wildman–Crippen LogP) is 7.04. The Morgan fingerprint density at radius 3 is 2.33 bits per heavy atom. The lowest BCUT2D eigenvalue weighted by Crippen LogP contribution is -1.99. The second-order valence-corrected chi connectivity index (χ2v) is 6.66. The smallest absolute Gasteiger partial charge is 0.119 e. The van der Waals surface area contributed by atoms with Crippen molar-refractivity contribution >= 4 is 34.3 Å². The summed E-state index contributed by atoms with van der Waals surface area (Å²) in [7, 11) is 0. The quantitative estimate of drug-likeness (QED) is 0.569. The molecule has 0 saturated carbocycles. The monoisotopic (exact) mass is 358 g/mol. The van der Waals surface area contributed by atoms with Crippen LogP contribution in [0.25, 0.3) is 11.1 Å². The molecule has 1 aliphatic rings. The van der Waals surface area contributed by atoms with E-state index in [1.54, 1.807) is 0 Å². The normalized spacial score (nSPS) is 14.6. The molecule has 3 heteroatoms. The molecule has 0 heterocycles. The summed E-state index contributed by atoms with van der Waals surface area (Å²) in [5, 5.41) is 1.18. The van der Waals surface area contributed by atoms with E-state index in [-0.39, 0.29) is 0 Å². The summed E-state index contributed by atoms with van der Waals surface area (Å²) < 4.78 is 5.54. The number of hydrogen-bond donors (Lipinski definition) is 0. The minimum atomic E-state index is 0.588. The summed E-state index contributed by atoms with van der Waals surface area (Å²) in [4.78, 5) is 0. The highest BCUT2D eigenvalue weighted by Gasteiger charge is 2.16. The van der Waals surface area contributed by atoms with Gasteiger partial charge >= 0.3 is 0 Å². The Balaban J connectivity index is 1.96. The van der Waals surface area contributed by atoms with Gasteiger partial charge in [0.15, 0.2) is 0 Å². The first-order valence-electron chi connectivity index (χ1n) is 8.19. The molecule has 0 spiro atoms. The van der Waals surface area contributed by atoms with Crippen molar-refractivity contribution in [2.24, 2.45) is 0 Å². The van der Waals surface area contributed by atoms with Crippen LogP contribution in [0.5, 0.6) is 5.75 Å². The average Bonchev–Trinajstić information content (AvgIpc) is 2.59. The number of hydrogen-bond acceptors (Lipinski definition) is 1. The first-order chi connectivity index (χ1) is 11.6. The third-order valence-corrected chi connectivity index (χ3v) is 5.08. The number of allylic oxidation sites excluding steroid dienone is 4. The fraction of sp³-hybridized carbons (Fsp3) is 0.238. The van der Waals surface area contributed by atoms with Crippen molar-refractivity contribution in [2.45, 2.75) is 26.7 Å². The molecule has 1 nitrogen and oxygen atoms in total. The Labute approximate surface area is 153 Å². The molecule has 0 aliphatic heterocycles. The van der Waals surface area contributed by atoms with Gasteiger partial charge in [-0.1, -0.05) is 47.5 Å². The SMILES string of the molecule is CCOc1ccc(C2=C(C)C(c3ccc(Cl)c(Cl)c3)=CCC2)cc1. The molecule has 0 bridgehead atoms. The van der Waals surface area contributed by atoms with Gasteiger partial charge in [0, 0.05) is 0 Å². The molecule has 0 radical (unpaired) electrons. The zero-order valence-electron chi connectivity index (χ0n) is 13.9. The molecular formula is C21H20Cl2O. The molecule has 0 unspecified atom stereocenters. The van der Waals surface area contributed by atoms with E-state index in [1.165, 1.54) is 22.3 Å². The van der Waals surface area contributed by atoms with Crippen molar-refractivity contribution in [3.8, 4) is 5.75 Å². The Morgan fingerprint density at radius 1 is 0.958 bits per heavy atom. The van der Waals surface area contributed by atoms with Crippen molar-refractivity contribution in [3.63, 3.8) is 0 Å². The van der Waals surface area contributed by atoms with Gasteiger partial charge in [-0.15, -0.1) is 0 Å². The van der Waals surface area contributed by atoms with Crippen LogP contribution in [0.4, 0.5) is 0 Å². The molecule has 2 aromatic rings. The van der Waals surface area contributed by atoms with E-state index >= 15 is 0 Å². The molecule has 3 rings (SSSR count). The van der Waals surface area contributed by atoms with Crippen LogP contribution in [0.1, 0.15) is 37.8 Å². The van der Waals surface area contributed by atoms with Crippen LogP contribution in [0.3, 0.4) is 0 Å². The lowest BCUT2D eigenvalue weighted by Gasteiger charge is -2.21. The molecule has 0 saturated heterocycles.